The highest BCUT2D eigenvalue weighted by Gasteiger charge is 2.43. The Hall–Kier alpha value is -1.10. The highest BCUT2D eigenvalue weighted by atomic mass is 16.2. The van der Waals surface area contributed by atoms with Crippen molar-refractivity contribution in [1.82, 2.24) is 10.2 Å². The van der Waals surface area contributed by atoms with E-state index in [1.54, 1.807) is 18.7 Å². The first-order chi connectivity index (χ1) is 7.93. The summed E-state index contributed by atoms with van der Waals surface area (Å²) in [5.41, 5.74) is 5.10. The zero-order chi connectivity index (χ0) is 12.6. The van der Waals surface area contributed by atoms with E-state index in [0.29, 0.717) is 13.1 Å². The van der Waals surface area contributed by atoms with Crippen molar-refractivity contribution >= 4 is 11.8 Å². The van der Waals surface area contributed by atoms with E-state index >= 15 is 0 Å². The van der Waals surface area contributed by atoms with E-state index in [-0.39, 0.29) is 23.8 Å². The summed E-state index contributed by atoms with van der Waals surface area (Å²) in [6, 6.07) is 0.144. The van der Waals surface area contributed by atoms with E-state index < -0.39 is 5.54 Å². The van der Waals surface area contributed by atoms with Crippen molar-refractivity contribution in [1.29, 1.82) is 0 Å². The van der Waals surface area contributed by atoms with Crippen molar-refractivity contribution < 1.29 is 9.59 Å². The minimum atomic E-state index is -0.734. The van der Waals surface area contributed by atoms with Gasteiger partial charge in [-0.25, -0.2) is 0 Å². The second-order valence-electron chi connectivity index (χ2n) is 5.57. The Labute approximate surface area is 102 Å². The monoisotopic (exact) mass is 239 g/mol. The van der Waals surface area contributed by atoms with Crippen LogP contribution in [0.2, 0.25) is 0 Å². The summed E-state index contributed by atoms with van der Waals surface area (Å²) in [6.07, 6.45) is 2.53. The molecule has 0 aromatic carbocycles. The van der Waals surface area contributed by atoms with Gasteiger partial charge in [-0.15, -0.1) is 0 Å². The zero-order valence-corrected chi connectivity index (χ0v) is 10.5. The molecule has 0 bridgehead atoms. The number of amides is 2. The normalized spacial score (nSPS) is 32.4. The Morgan fingerprint density at radius 2 is 2.18 bits per heavy atom. The fourth-order valence-electron chi connectivity index (χ4n) is 2.75. The van der Waals surface area contributed by atoms with Crippen molar-refractivity contribution in [2.24, 2.45) is 11.7 Å². The number of hydrogen-bond acceptors (Lipinski definition) is 3. The summed E-state index contributed by atoms with van der Waals surface area (Å²) >= 11 is 0. The molecule has 1 saturated heterocycles. The molecule has 1 heterocycles. The average molecular weight is 239 g/mol. The second kappa shape index (κ2) is 4.29. The van der Waals surface area contributed by atoms with Crippen molar-refractivity contribution in [3.8, 4) is 0 Å². The lowest BCUT2D eigenvalue weighted by Gasteiger charge is -2.42. The number of carbonyl (C=O) groups excluding carboxylic acids is 2. The zero-order valence-electron chi connectivity index (χ0n) is 10.5. The Morgan fingerprint density at radius 3 is 2.76 bits per heavy atom. The highest BCUT2D eigenvalue weighted by molar-refractivity contribution is 5.92. The first kappa shape index (κ1) is 12.4. The van der Waals surface area contributed by atoms with Gasteiger partial charge in [0.1, 0.15) is 5.54 Å². The standard InChI is InChI=1S/C12H21N3O2/c1-12(2)11(17)14-5-6-15(12)10(16)8-3-4-9(13)7-8/h8-9H,3-7,13H2,1-2H3,(H,14,17). The Morgan fingerprint density at radius 1 is 1.47 bits per heavy atom. The van der Waals surface area contributed by atoms with Gasteiger partial charge in [0, 0.05) is 25.0 Å². The van der Waals surface area contributed by atoms with Crippen LogP contribution in [0.1, 0.15) is 33.1 Å². The van der Waals surface area contributed by atoms with E-state index in [1.807, 2.05) is 0 Å². The molecule has 5 nitrogen and oxygen atoms in total. The number of rotatable bonds is 1. The first-order valence-electron chi connectivity index (χ1n) is 6.28. The number of nitrogens with one attached hydrogen (secondary N) is 1. The van der Waals surface area contributed by atoms with Crippen LogP contribution in [0.15, 0.2) is 0 Å². The first-order valence-corrected chi connectivity index (χ1v) is 6.28. The molecule has 0 radical (unpaired) electrons. The molecule has 1 aliphatic carbocycles. The summed E-state index contributed by atoms with van der Waals surface area (Å²) in [4.78, 5) is 25.9. The quantitative estimate of drug-likeness (QED) is 0.668. The largest absolute Gasteiger partial charge is 0.352 e. The van der Waals surface area contributed by atoms with Crippen LogP contribution < -0.4 is 11.1 Å². The molecule has 5 heteroatoms. The summed E-state index contributed by atoms with van der Waals surface area (Å²) in [6.45, 7) is 4.75. The van der Waals surface area contributed by atoms with Crippen molar-refractivity contribution in [2.75, 3.05) is 13.1 Å². The SMILES string of the molecule is CC1(C)C(=O)NCCN1C(=O)C1CCC(N)C1. The van der Waals surface area contributed by atoms with Crippen LogP contribution >= 0.6 is 0 Å². The molecule has 0 spiro atoms. The molecule has 1 saturated carbocycles. The van der Waals surface area contributed by atoms with E-state index in [1.165, 1.54) is 0 Å². The smallest absolute Gasteiger partial charge is 0.245 e. The van der Waals surface area contributed by atoms with Gasteiger partial charge in [-0.3, -0.25) is 9.59 Å². The molecule has 2 fully saturated rings. The molecule has 2 aliphatic rings. The maximum atomic E-state index is 12.4. The fourth-order valence-corrected chi connectivity index (χ4v) is 2.75. The van der Waals surface area contributed by atoms with Gasteiger partial charge in [0.25, 0.3) is 0 Å². The highest BCUT2D eigenvalue weighted by Crippen LogP contribution is 2.29. The summed E-state index contributed by atoms with van der Waals surface area (Å²) < 4.78 is 0. The molecule has 2 atom stereocenters. The minimum absolute atomic E-state index is 0.00942. The van der Waals surface area contributed by atoms with Crippen LogP contribution in [-0.2, 0) is 9.59 Å². The molecule has 2 unspecified atom stereocenters. The van der Waals surface area contributed by atoms with Gasteiger partial charge in [-0.2, -0.15) is 0 Å². The third-order valence-corrected chi connectivity index (χ3v) is 3.94. The number of nitrogens with zero attached hydrogens (tertiary/aromatic N) is 1. The van der Waals surface area contributed by atoms with Crippen molar-refractivity contribution in [3.63, 3.8) is 0 Å². The van der Waals surface area contributed by atoms with Gasteiger partial charge < -0.3 is 16.0 Å². The number of nitrogens with two attached hydrogens (primary N) is 1. The molecular weight excluding hydrogens is 218 g/mol. The maximum absolute atomic E-state index is 12.4. The number of hydrogen-bond donors (Lipinski definition) is 2. The molecule has 3 N–H and O–H groups in total. The van der Waals surface area contributed by atoms with Gasteiger partial charge in [0.05, 0.1) is 0 Å². The molecule has 96 valence electrons. The predicted molar refractivity (Wildman–Crippen MR) is 64.1 cm³/mol. The molecular formula is C12H21N3O2. The van der Waals surface area contributed by atoms with Gasteiger partial charge in [0.15, 0.2) is 0 Å². The summed E-state index contributed by atoms with van der Waals surface area (Å²) in [5.74, 6) is 0.0346. The van der Waals surface area contributed by atoms with Crippen LogP contribution in [0.25, 0.3) is 0 Å². The second-order valence-corrected chi connectivity index (χ2v) is 5.57. The van der Waals surface area contributed by atoms with E-state index in [2.05, 4.69) is 5.32 Å². The molecule has 0 aromatic rings. The molecule has 2 rings (SSSR count). The fraction of sp³-hybridized carbons (Fsp3) is 0.833. The Kier molecular flexibility index (Phi) is 3.12. The topological polar surface area (TPSA) is 75.4 Å². The van der Waals surface area contributed by atoms with Crippen LogP contribution in [0.4, 0.5) is 0 Å². The lowest BCUT2D eigenvalue weighted by molar-refractivity contribution is -0.151. The number of carbonyl (C=O) groups is 2. The van der Waals surface area contributed by atoms with E-state index in [0.717, 1.165) is 19.3 Å². The Bertz CT molecular complexity index is 341. The third kappa shape index (κ3) is 2.16. The van der Waals surface area contributed by atoms with Crippen molar-refractivity contribution in [2.45, 2.75) is 44.7 Å². The predicted octanol–water partition coefficient (Wildman–Crippen LogP) is -0.149. The van der Waals surface area contributed by atoms with Crippen LogP contribution in [0.5, 0.6) is 0 Å². The van der Waals surface area contributed by atoms with Gasteiger partial charge in [0.2, 0.25) is 11.8 Å². The summed E-state index contributed by atoms with van der Waals surface area (Å²) in [7, 11) is 0. The Balaban J connectivity index is 2.10. The van der Waals surface area contributed by atoms with Gasteiger partial charge >= 0.3 is 0 Å². The molecule has 1 aliphatic heterocycles. The average Bonchev–Trinajstić information content (AvgIpc) is 2.68. The van der Waals surface area contributed by atoms with Crippen LogP contribution in [-0.4, -0.2) is 41.4 Å². The molecule has 17 heavy (non-hydrogen) atoms. The van der Waals surface area contributed by atoms with E-state index in [9.17, 15) is 9.59 Å². The molecule has 2 amide bonds. The van der Waals surface area contributed by atoms with Crippen molar-refractivity contribution in [3.05, 3.63) is 0 Å². The van der Waals surface area contributed by atoms with Gasteiger partial charge in [-0.05, 0) is 33.1 Å². The van der Waals surface area contributed by atoms with E-state index in [4.69, 9.17) is 5.73 Å². The summed E-state index contributed by atoms with van der Waals surface area (Å²) in [5, 5.41) is 2.80. The van der Waals surface area contributed by atoms with Crippen LogP contribution in [0, 0.1) is 5.92 Å². The van der Waals surface area contributed by atoms with Crippen LogP contribution in [0.3, 0.4) is 0 Å². The lowest BCUT2D eigenvalue weighted by Crippen LogP contribution is -2.64. The maximum Gasteiger partial charge on any atom is 0.245 e. The number of piperazine rings is 1. The van der Waals surface area contributed by atoms with Gasteiger partial charge in [-0.1, -0.05) is 0 Å². The molecule has 0 aromatic heterocycles. The minimum Gasteiger partial charge on any atom is -0.352 e. The third-order valence-electron chi connectivity index (χ3n) is 3.94. The lowest BCUT2D eigenvalue weighted by atomic mass is 9.95.